The number of primary amides is 1. The van der Waals surface area contributed by atoms with Crippen molar-refractivity contribution in [2.45, 2.75) is 37.3 Å². The Bertz CT molecular complexity index is 1940. The fourth-order valence-corrected chi connectivity index (χ4v) is 6.32. The lowest BCUT2D eigenvalue weighted by molar-refractivity contribution is -0.192. The standard InChI is InChI=1S/C28H26ClN5O4S.C2HF3O2/c1-2-13-39(37,38)20-9-7-19(8-10-20)34-26-21(25(33-34)27(31)35)11-4-16-3-6-18(15-22(16)26)32-28(36)23-14-17(30)5-12-24(23)29;3-2(4,5)1(6)7/h3,5-10,12,14-15H,2,4,11,13,30H2,1H3,(H2,31,35)(H,32,36);(H,6,7). The molecular formula is C30H27ClF3N5O6S. The summed E-state index contributed by atoms with van der Waals surface area (Å²) in [5.41, 5.74) is 16.5. The van der Waals surface area contributed by atoms with Crippen molar-refractivity contribution in [3.8, 4) is 16.9 Å². The molecule has 0 saturated heterocycles. The predicted octanol–water partition coefficient (Wildman–Crippen LogP) is 5.04. The second-order valence-corrected chi connectivity index (χ2v) is 12.6. The Morgan fingerprint density at radius 3 is 2.28 bits per heavy atom. The van der Waals surface area contributed by atoms with Crippen LogP contribution in [0.4, 0.5) is 24.5 Å². The van der Waals surface area contributed by atoms with E-state index in [0.717, 1.165) is 11.1 Å². The van der Waals surface area contributed by atoms with Crippen LogP contribution in [0.25, 0.3) is 16.9 Å². The van der Waals surface area contributed by atoms with Gasteiger partial charge in [-0.25, -0.2) is 17.9 Å². The van der Waals surface area contributed by atoms with Gasteiger partial charge in [0.2, 0.25) is 0 Å². The molecule has 5 rings (SSSR count). The number of carboxylic acid groups (broad SMARTS) is 1. The average molecular weight is 678 g/mol. The van der Waals surface area contributed by atoms with Crippen LogP contribution in [0.2, 0.25) is 5.02 Å². The second-order valence-electron chi connectivity index (χ2n) is 10.1. The number of carbonyl (C=O) groups excluding carboxylic acids is 2. The molecular weight excluding hydrogens is 651 g/mol. The summed E-state index contributed by atoms with van der Waals surface area (Å²) in [7, 11) is -3.39. The van der Waals surface area contributed by atoms with E-state index in [9.17, 15) is 31.2 Å². The van der Waals surface area contributed by atoms with Crippen molar-refractivity contribution in [3.05, 3.63) is 88.1 Å². The number of benzene rings is 3. The summed E-state index contributed by atoms with van der Waals surface area (Å²) in [6.07, 6.45) is -3.37. The van der Waals surface area contributed by atoms with E-state index in [1.165, 1.54) is 18.2 Å². The lowest BCUT2D eigenvalue weighted by atomic mass is 9.88. The number of nitrogens with two attached hydrogens (primary N) is 2. The van der Waals surface area contributed by atoms with Crippen LogP contribution in [0.1, 0.15) is 45.3 Å². The van der Waals surface area contributed by atoms with Gasteiger partial charge >= 0.3 is 12.1 Å². The number of anilines is 2. The van der Waals surface area contributed by atoms with Crippen molar-refractivity contribution >= 4 is 50.6 Å². The van der Waals surface area contributed by atoms with Crippen molar-refractivity contribution in [1.29, 1.82) is 0 Å². The van der Waals surface area contributed by atoms with Gasteiger partial charge in [0.25, 0.3) is 11.8 Å². The molecule has 0 unspecified atom stereocenters. The summed E-state index contributed by atoms with van der Waals surface area (Å²) in [5.74, 6) is -3.78. The third-order valence-corrected chi connectivity index (χ3v) is 9.14. The number of fused-ring (bicyclic) bond motifs is 3. The van der Waals surface area contributed by atoms with E-state index in [0.29, 0.717) is 47.6 Å². The van der Waals surface area contributed by atoms with E-state index in [-0.39, 0.29) is 26.9 Å². The number of aliphatic carboxylic acids is 1. The summed E-state index contributed by atoms with van der Waals surface area (Å²) in [6, 6.07) is 16.6. The van der Waals surface area contributed by atoms with E-state index in [2.05, 4.69) is 10.4 Å². The van der Waals surface area contributed by atoms with E-state index in [1.807, 2.05) is 19.1 Å². The van der Waals surface area contributed by atoms with Crippen molar-refractivity contribution < 1.29 is 41.1 Å². The largest absolute Gasteiger partial charge is 0.490 e. The molecule has 3 aromatic carbocycles. The summed E-state index contributed by atoms with van der Waals surface area (Å²) in [5, 5.41) is 14.8. The Hall–Kier alpha value is -4.89. The van der Waals surface area contributed by atoms with Crippen LogP contribution < -0.4 is 16.8 Å². The van der Waals surface area contributed by atoms with Crippen LogP contribution >= 0.6 is 11.6 Å². The summed E-state index contributed by atoms with van der Waals surface area (Å²) in [6.45, 7) is 1.81. The Balaban J connectivity index is 0.000000617. The summed E-state index contributed by atoms with van der Waals surface area (Å²) >= 11 is 6.21. The van der Waals surface area contributed by atoms with Gasteiger partial charge in [-0.3, -0.25) is 9.59 Å². The van der Waals surface area contributed by atoms with Gasteiger partial charge in [0.1, 0.15) is 0 Å². The number of hydrogen-bond acceptors (Lipinski definition) is 7. The van der Waals surface area contributed by atoms with Crippen LogP contribution in [-0.4, -0.2) is 53.0 Å². The molecule has 6 N–H and O–H groups in total. The first-order chi connectivity index (χ1) is 21.5. The molecule has 11 nitrogen and oxygen atoms in total. The number of rotatable bonds is 7. The van der Waals surface area contributed by atoms with E-state index >= 15 is 0 Å². The van der Waals surface area contributed by atoms with E-state index < -0.39 is 33.8 Å². The summed E-state index contributed by atoms with van der Waals surface area (Å²) in [4.78, 5) is 34.4. The zero-order chi connectivity index (χ0) is 34.0. The number of carbonyl (C=O) groups is 3. The highest BCUT2D eigenvalue weighted by atomic mass is 35.5. The zero-order valence-corrected chi connectivity index (χ0v) is 25.6. The Kier molecular flexibility index (Phi) is 9.77. The molecule has 4 aromatic rings. The molecule has 0 fully saturated rings. The monoisotopic (exact) mass is 677 g/mol. The van der Waals surface area contributed by atoms with Gasteiger partial charge in [-0.1, -0.05) is 24.6 Å². The number of nitrogens with zero attached hydrogens (tertiary/aromatic N) is 2. The van der Waals surface area contributed by atoms with Crippen molar-refractivity contribution in [3.63, 3.8) is 0 Å². The highest BCUT2D eigenvalue weighted by molar-refractivity contribution is 7.91. The van der Waals surface area contributed by atoms with Crippen LogP contribution in [-0.2, 0) is 27.5 Å². The minimum absolute atomic E-state index is 0.0536. The van der Waals surface area contributed by atoms with E-state index in [4.69, 9.17) is 33.0 Å². The third-order valence-electron chi connectivity index (χ3n) is 6.87. The molecule has 0 spiro atoms. The molecule has 1 aromatic heterocycles. The Labute approximate surface area is 265 Å². The summed E-state index contributed by atoms with van der Waals surface area (Å²) < 4.78 is 58.3. The van der Waals surface area contributed by atoms with Crippen molar-refractivity contribution in [2.75, 3.05) is 16.8 Å². The van der Waals surface area contributed by atoms with Gasteiger partial charge < -0.3 is 21.9 Å². The second kappa shape index (κ2) is 13.2. The first kappa shape index (κ1) is 34.0. The third kappa shape index (κ3) is 7.32. The van der Waals surface area contributed by atoms with Crippen LogP contribution in [0.15, 0.2) is 65.6 Å². The van der Waals surface area contributed by atoms with Gasteiger partial charge in [-0.15, -0.1) is 0 Å². The fourth-order valence-electron chi connectivity index (χ4n) is 4.80. The first-order valence-corrected chi connectivity index (χ1v) is 15.6. The van der Waals surface area contributed by atoms with Gasteiger partial charge in [0.05, 0.1) is 32.6 Å². The number of sulfone groups is 1. The van der Waals surface area contributed by atoms with Crippen molar-refractivity contribution in [1.82, 2.24) is 9.78 Å². The maximum Gasteiger partial charge on any atom is 0.490 e. The number of halogens is 4. The quantitative estimate of drug-likeness (QED) is 0.196. The topological polar surface area (TPSA) is 187 Å². The fraction of sp³-hybridized carbons (Fsp3) is 0.200. The molecule has 242 valence electrons. The van der Waals surface area contributed by atoms with Crippen LogP contribution in [0.5, 0.6) is 0 Å². The molecule has 0 radical (unpaired) electrons. The first-order valence-electron chi connectivity index (χ1n) is 13.6. The minimum Gasteiger partial charge on any atom is -0.475 e. The predicted molar refractivity (Wildman–Crippen MR) is 165 cm³/mol. The number of carboxylic acids is 1. The number of nitrogen functional groups attached to an aromatic ring is 1. The molecule has 1 aliphatic carbocycles. The normalized spacial score (nSPS) is 12.3. The van der Waals surface area contributed by atoms with Crippen LogP contribution in [0, 0.1) is 0 Å². The number of aryl methyl sites for hydroxylation is 1. The Morgan fingerprint density at radius 1 is 1.04 bits per heavy atom. The molecule has 0 bridgehead atoms. The SMILES string of the molecule is CCCS(=O)(=O)c1ccc(-n2nc(C(N)=O)c3c2-c2cc(NC(=O)c4cc(N)ccc4Cl)ccc2CC3)cc1.O=C(O)C(F)(F)F. The molecule has 0 atom stereocenters. The Morgan fingerprint density at radius 2 is 1.70 bits per heavy atom. The maximum absolute atomic E-state index is 13.0. The van der Waals surface area contributed by atoms with Gasteiger partial charge in [-0.2, -0.15) is 18.3 Å². The molecule has 0 aliphatic heterocycles. The highest BCUT2D eigenvalue weighted by Gasteiger charge is 2.38. The number of amides is 2. The molecule has 0 saturated carbocycles. The lowest BCUT2D eigenvalue weighted by Crippen LogP contribution is -2.21. The number of hydrogen-bond donors (Lipinski definition) is 4. The molecule has 16 heteroatoms. The van der Waals surface area contributed by atoms with Crippen LogP contribution in [0.3, 0.4) is 0 Å². The number of nitrogens with one attached hydrogen (secondary N) is 1. The smallest absolute Gasteiger partial charge is 0.475 e. The highest BCUT2D eigenvalue weighted by Crippen LogP contribution is 2.38. The van der Waals surface area contributed by atoms with Crippen molar-refractivity contribution in [2.24, 2.45) is 5.73 Å². The lowest BCUT2D eigenvalue weighted by Gasteiger charge is -2.20. The van der Waals surface area contributed by atoms with Gasteiger partial charge in [-0.05, 0) is 79.4 Å². The maximum atomic E-state index is 13.0. The van der Waals surface area contributed by atoms with Gasteiger partial charge in [0, 0.05) is 22.5 Å². The molecule has 46 heavy (non-hydrogen) atoms. The zero-order valence-electron chi connectivity index (χ0n) is 24.1. The molecule has 1 aliphatic rings. The van der Waals surface area contributed by atoms with E-state index in [1.54, 1.807) is 35.0 Å². The molecule has 2 amide bonds. The minimum atomic E-state index is -5.08. The number of aromatic nitrogens is 2. The van der Waals surface area contributed by atoms with Gasteiger partial charge in [0.15, 0.2) is 15.5 Å². The number of alkyl halides is 3. The average Bonchev–Trinajstić information content (AvgIpc) is 3.39. The molecule has 1 heterocycles.